The molecule has 6 rings (SSSR count). The van der Waals surface area contributed by atoms with Crippen molar-refractivity contribution in [3.63, 3.8) is 0 Å². The molecule has 7 N–H and O–H groups in total. The number of carbonyl (C=O) groups excluding carboxylic acids is 1. The maximum absolute atomic E-state index is 11.5. The van der Waals surface area contributed by atoms with E-state index in [0.29, 0.717) is 31.1 Å². The molecule has 2 aliphatic rings. The molecule has 0 bridgehead atoms. The lowest BCUT2D eigenvalue weighted by molar-refractivity contribution is -0.383. The second-order valence-electron chi connectivity index (χ2n) is 16.0. The number of rotatable bonds is 11. The Morgan fingerprint density at radius 2 is 1.07 bits per heavy atom. The SMILES string of the molecule is CC1(C)OB(c2ccc(CNc3ccc([N+](=O)[O-])c(N)c3)cc2)OC1(C)C.CCOC(=O)Nc1ccc(NCc2ccc(B3OC(C)(C)C(C)(C)O3)cc2)cc1N. The molecule has 302 valence electrons. The van der Waals surface area contributed by atoms with Gasteiger partial charge in [0.1, 0.15) is 5.69 Å². The highest BCUT2D eigenvalue weighted by atomic mass is 16.7. The van der Waals surface area contributed by atoms with Crippen molar-refractivity contribution in [1.29, 1.82) is 0 Å². The minimum atomic E-state index is -0.521. The van der Waals surface area contributed by atoms with E-state index in [1.807, 2.05) is 110 Å². The first-order valence-electron chi connectivity index (χ1n) is 18.9. The highest BCUT2D eigenvalue weighted by Gasteiger charge is 2.52. The second kappa shape index (κ2) is 17.1. The van der Waals surface area contributed by atoms with Gasteiger partial charge in [0.2, 0.25) is 0 Å². The molecule has 0 aromatic heterocycles. The zero-order valence-corrected chi connectivity index (χ0v) is 34.2. The van der Waals surface area contributed by atoms with Gasteiger partial charge in [-0.1, -0.05) is 48.5 Å². The summed E-state index contributed by atoms with van der Waals surface area (Å²) in [6.45, 7) is 19.6. The summed E-state index contributed by atoms with van der Waals surface area (Å²) in [6.07, 6.45) is -0.521. The van der Waals surface area contributed by atoms with Crippen LogP contribution in [0.15, 0.2) is 84.9 Å². The first-order chi connectivity index (χ1) is 26.7. The third-order valence-electron chi connectivity index (χ3n) is 10.8. The van der Waals surface area contributed by atoms with Gasteiger partial charge in [-0.05, 0) is 115 Å². The van der Waals surface area contributed by atoms with Gasteiger partial charge >= 0.3 is 20.3 Å². The average Bonchev–Trinajstić information content (AvgIpc) is 3.50. The van der Waals surface area contributed by atoms with Gasteiger partial charge in [-0.15, -0.1) is 0 Å². The molecule has 0 unspecified atom stereocenters. The number of nitrogens with zero attached hydrogens (tertiary/aromatic N) is 1. The van der Waals surface area contributed by atoms with Crippen molar-refractivity contribution < 1.29 is 33.1 Å². The number of nitro benzene ring substituents is 1. The summed E-state index contributed by atoms with van der Waals surface area (Å²) in [5, 5.41) is 20.0. The molecule has 57 heavy (non-hydrogen) atoms. The number of ether oxygens (including phenoxy) is 1. The van der Waals surface area contributed by atoms with Crippen LogP contribution in [0.3, 0.4) is 0 Å². The fourth-order valence-electron chi connectivity index (χ4n) is 5.85. The van der Waals surface area contributed by atoms with Crippen molar-refractivity contribution in [3.05, 3.63) is 106 Å². The predicted octanol–water partition coefficient (Wildman–Crippen LogP) is 6.84. The lowest BCUT2D eigenvalue weighted by Crippen LogP contribution is -2.41. The van der Waals surface area contributed by atoms with Crippen LogP contribution in [0.1, 0.15) is 73.4 Å². The zero-order valence-electron chi connectivity index (χ0n) is 34.2. The summed E-state index contributed by atoms with van der Waals surface area (Å²) >= 11 is 0. The molecule has 0 spiro atoms. The van der Waals surface area contributed by atoms with Gasteiger partial charge < -0.3 is 45.5 Å². The van der Waals surface area contributed by atoms with Gasteiger partial charge in [0.25, 0.3) is 5.69 Å². The quantitative estimate of drug-likeness (QED) is 0.0461. The second-order valence-corrected chi connectivity index (χ2v) is 16.0. The summed E-state index contributed by atoms with van der Waals surface area (Å²) in [5.41, 5.74) is 17.1. The number of nitrogen functional groups attached to an aromatic ring is 2. The van der Waals surface area contributed by atoms with Gasteiger partial charge in [-0.3, -0.25) is 15.4 Å². The van der Waals surface area contributed by atoms with Crippen molar-refractivity contribution >= 4 is 65.4 Å². The number of carbonyl (C=O) groups is 1. The molecule has 0 aliphatic carbocycles. The average molecular weight is 781 g/mol. The third kappa shape index (κ3) is 10.4. The summed E-state index contributed by atoms with van der Waals surface area (Å²) < 4.78 is 29.2. The summed E-state index contributed by atoms with van der Waals surface area (Å²) in [6, 6.07) is 26.1. The van der Waals surface area contributed by atoms with Gasteiger partial charge in [0, 0.05) is 30.5 Å². The monoisotopic (exact) mass is 780 g/mol. The Bertz CT molecular complexity index is 2010. The van der Waals surface area contributed by atoms with Crippen LogP contribution in [0.4, 0.5) is 38.9 Å². The van der Waals surface area contributed by atoms with E-state index in [9.17, 15) is 14.9 Å². The van der Waals surface area contributed by atoms with Crippen LogP contribution in [0, 0.1) is 10.1 Å². The Morgan fingerprint density at radius 1 is 0.667 bits per heavy atom. The van der Waals surface area contributed by atoms with Crippen molar-refractivity contribution in [2.24, 2.45) is 0 Å². The Morgan fingerprint density at radius 3 is 1.44 bits per heavy atom. The third-order valence-corrected chi connectivity index (χ3v) is 10.8. The van der Waals surface area contributed by atoms with Gasteiger partial charge in [0.15, 0.2) is 0 Å². The van der Waals surface area contributed by atoms with E-state index in [-0.39, 0.29) is 48.0 Å². The van der Waals surface area contributed by atoms with E-state index in [4.69, 9.17) is 34.8 Å². The molecule has 0 radical (unpaired) electrons. The minimum absolute atomic E-state index is 0.0904. The molecule has 2 saturated heterocycles. The lowest BCUT2D eigenvalue weighted by Gasteiger charge is -2.32. The Kier molecular flexibility index (Phi) is 12.8. The molecule has 2 heterocycles. The van der Waals surface area contributed by atoms with Crippen molar-refractivity contribution in [2.45, 2.75) is 97.8 Å². The standard InChI is InChI=1S/C22H30BN3O4.C19H24BN3O4/c1-6-28-20(27)26-19-12-11-17(13-18(19)24)25-14-15-7-9-16(10-8-15)23-29-21(2,3)22(4,5)30-23;1-18(2)19(3,4)27-20(26-18)14-7-5-13(6-8-14)12-22-15-9-10-17(23(24)25)16(21)11-15/h7-13,25H,6,14,24H2,1-5H3,(H,26,27);5-11,22H,12,21H2,1-4H3. The number of amides is 1. The summed E-state index contributed by atoms with van der Waals surface area (Å²) in [7, 11) is -0.747. The molecule has 16 heteroatoms. The molecule has 0 atom stereocenters. The minimum Gasteiger partial charge on any atom is -0.450 e. The number of hydrogen-bond donors (Lipinski definition) is 5. The zero-order chi connectivity index (χ0) is 41.8. The van der Waals surface area contributed by atoms with Crippen molar-refractivity contribution in [3.8, 4) is 0 Å². The fraction of sp³-hybridized carbons (Fsp3) is 0.390. The lowest BCUT2D eigenvalue weighted by atomic mass is 9.79. The molecule has 2 fully saturated rings. The van der Waals surface area contributed by atoms with Crippen LogP contribution in [-0.4, -0.2) is 54.3 Å². The normalized spacial score (nSPS) is 17.3. The molecule has 14 nitrogen and oxygen atoms in total. The smallest absolute Gasteiger partial charge is 0.450 e. The number of hydrogen-bond acceptors (Lipinski definition) is 12. The van der Waals surface area contributed by atoms with E-state index in [2.05, 4.69) is 16.0 Å². The number of nitrogens with two attached hydrogens (primary N) is 2. The van der Waals surface area contributed by atoms with Crippen LogP contribution in [0.25, 0.3) is 0 Å². The Hall–Kier alpha value is -5.28. The maximum Gasteiger partial charge on any atom is 0.494 e. The van der Waals surface area contributed by atoms with E-state index < -0.39 is 11.0 Å². The van der Waals surface area contributed by atoms with Crippen LogP contribution in [0.5, 0.6) is 0 Å². The molecule has 4 aromatic rings. The van der Waals surface area contributed by atoms with Crippen LogP contribution >= 0.6 is 0 Å². The van der Waals surface area contributed by atoms with Crippen LogP contribution in [-0.2, 0) is 36.4 Å². The molecule has 0 saturated carbocycles. The summed E-state index contributed by atoms with van der Waals surface area (Å²) in [4.78, 5) is 21.9. The molecular formula is C41H54B2N6O8. The van der Waals surface area contributed by atoms with Crippen molar-refractivity contribution in [1.82, 2.24) is 0 Å². The van der Waals surface area contributed by atoms with Crippen molar-refractivity contribution in [2.75, 3.05) is 34.0 Å². The highest BCUT2D eigenvalue weighted by molar-refractivity contribution is 6.62. The first-order valence-corrected chi connectivity index (χ1v) is 18.9. The molecule has 2 aliphatic heterocycles. The Labute approximate surface area is 335 Å². The first kappa shape index (κ1) is 42.9. The van der Waals surface area contributed by atoms with Crippen LogP contribution in [0.2, 0.25) is 0 Å². The number of benzene rings is 4. The predicted molar refractivity (Wildman–Crippen MR) is 228 cm³/mol. The van der Waals surface area contributed by atoms with Gasteiger partial charge in [0.05, 0.1) is 45.3 Å². The van der Waals surface area contributed by atoms with E-state index in [1.165, 1.54) is 6.07 Å². The van der Waals surface area contributed by atoms with E-state index in [1.54, 1.807) is 31.2 Å². The number of anilines is 5. The van der Waals surface area contributed by atoms with E-state index >= 15 is 0 Å². The Balaban J connectivity index is 0.000000219. The fourth-order valence-corrected chi connectivity index (χ4v) is 5.85. The summed E-state index contributed by atoms with van der Waals surface area (Å²) in [5.74, 6) is 0. The van der Waals surface area contributed by atoms with E-state index in [0.717, 1.165) is 33.4 Å². The number of nitrogens with one attached hydrogen (secondary N) is 3. The van der Waals surface area contributed by atoms with Gasteiger partial charge in [-0.25, -0.2) is 4.79 Å². The largest absolute Gasteiger partial charge is 0.494 e. The highest BCUT2D eigenvalue weighted by Crippen LogP contribution is 2.37. The number of nitro groups is 1. The van der Waals surface area contributed by atoms with Gasteiger partial charge in [-0.2, -0.15) is 0 Å². The topological polar surface area (TPSA) is 194 Å². The van der Waals surface area contributed by atoms with Crippen LogP contribution < -0.4 is 38.3 Å². The molecular weight excluding hydrogens is 726 g/mol. The molecule has 1 amide bonds. The maximum atomic E-state index is 11.5. The molecule has 4 aromatic carbocycles.